The second-order valence-corrected chi connectivity index (χ2v) is 6.09. The van der Waals surface area contributed by atoms with Crippen LogP contribution in [-0.2, 0) is 0 Å². The van der Waals surface area contributed by atoms with E-state index in [1.54, 1.807) is 19.2 Å². The predicted octanol–water partition coefficient (Wildman–Crippen LogP) is 4.48. The standard InChI is InChI=1S/C20H26ClN3O3.HI/c1-4-22-20(23-13-17(25)15-8-6-7-9-16(15)21)24-14-10-11-18(26-3)19(12-14)27-5-2;/h6-12,17,25H,4-5,13H2,1-3H3,(H2,22,23,24);1H. The zero-order valence-electron chi connectivity index (χ0n) is 16.2. The highest BCUT2D eigenvalue weighted by molar-refractivity contribution is 14.0. The summed E-state index contributed by atoms with van der Waals surface area (Å²) in [5.41, 5.74) is 1.45. The summed E-state index contributed by atoms with van der Waals surface area (Å²) < 4.78 is 10.9. The molecule has 0 aliphatic heterocycles. The van der Waals surface area contributed by atoms with Crippen molar-refractivity contribution in [2.45, 2.75) is 20.0 Å². The fraction of sp³-hybridized carbons (Fsp3) is 0.350. The van der Waals surface area contributed by atoms with Crippen molar-refractivity contribution < 1.29 is 14.6 Å². The van der Waals surface area contributed by atoms with E-state index in [0.717, 1.165) is 5.69 Å². The molecule has 0 saturated heterocycles. The lowest BCUT2D eigenvalue weighted by Crippen LogP contribution is -2.31. The van der Waals surface area contributed by atoms with Crippen LogP contribution in [0.15, 0.2) is 47.5 Å². The van der Waals surface area contributed by atoms with Gasteiger partial charge in [-0.2, -0.15) is 0 Å². The molecule has 0 aromatic heterocycles. The second kappa shape index (κ2) is 12.7. The van der Waals surface area contributed by atoms with Crippen LogP contribution in [0.3, 0.4) is 0 Å². The van der Waals surface area contributed by atoms with Gasteiger partial charge in [-0.25, -0.2) is 4.99 Å². The Labute approximate surface area is 188 Å². The molecule has 2 aromatic carbocycles. The van der Waals surface area contributed by atoms with Crippen molar-refractivity contribution in [3.05, 3.63) is 53.1 Å². The molecule has 0 bridgehead atoms. The van der Waals surface area contributed by atoms with E-state index in [2.05, 4.69) is 15.6 Å². The number of methoxy groups -OCH3 is 1. The van der Waals surface area contributed by atoms with Crippen molar-refractivity contribution in [2.75, 3.05) is 32.1 Å². The molecule has 0 heterocycles. The van der Waals surface area contributed by atoms with Gasteiger partial charge in [0.05, 0.1) is 20.3 Å². The average molecular weight is 520 g/mol. The van der Waals surface area contributed by atoms with Crippen LogP contribution in [-0.4, -0.2) is 37.9 Å². The third-order valence-corrected chi connectivity index (χ3v) is 4.10. The van der Waals surface area contributed by atoms with Crippen molar-refractivity contribution in [1.82, 2.24) is 5.32 Å². The van der Waals surface area contributed by atoms with Gasteiger partial charge in [0.2, 0.25) is 0 Å². The van der Waals surface area contributed by atoms with Gasteiger partial charge in [0.25, 0.3) is 0 Å². The lowest BCUT2D eigenvalue weighted by Gasteiger charge is -2.15. The normalized spacial score (nSPS) is 12.0. The lowest BCUT2D eigenvalue weighted by atomic mass is 10.1. The Hall–Kier alpha value is -1.71. The Morgan fingerprint density at radius 1 is 1.18 bits per heavy atom. The topological polar surface area (TPSA) is 75.1 Å². The number of nitrogens with zero attached hydrogens (tertiary/aromatic N) is 1. The van der Waals surface area contributed by atoms with Gasteiger partial charge in [-0.05, 0) is 32.0 Å². The van der Waals surface area contributed by atoms with E-state index < -0.39 is 6.10 Å². The van der Waals surface area contributed by atoms with Gasteiger partial charge in [-0.3, -0.25) is 0 Å². The minimum atomic E-state index is -0.788. The van der Waals surface area contributed by atoms with Gasteiger partial charge in [0.1, 0.15) is 6.10 Å². The molecular formula is C20H27ClIN3O3. The number of benzene rings is 2. The van der Waals surface area contributed by atoms with Gasteiger partial charge >= 0.3 is 0 Å². The van der Waals surface area contributed by atoms with Crippen molar-refractivity contribution >= 4 is 47.2 Å². The number of aliphatic hydroxyl groups excluding tert-OH is 1. The number of hydrogen-bond acceptors (Lipinski definition) is 4. The van der Waals surface area contributed by atoms with Gasteiger partial charge in [-0.15, -0.1) is 24.0 Å². The maximum atomic E-state index is 10.4. The molecule has 0 aliphatic rings. The Bertz CT molecular complexity index is 774. The van der Waals surface area contributed by atoms with Crippen LogP contribution in [0.2, 0.25) is 5.02 Å². The number of ether oxygens (including phenoxy) is 2. The number of hydrogen-bond donors (Lipinski definition) is 3. The van der Waals surface area contributed by atoms with Crippen LogP contribution in [0.4, 0.5) is 5.69 Å². The number of aliphatic imine (C=N–C) groups is 1. The number of rotatable bonds is 8. The van der Waals surface area contributed by atoms with E-state index in [0.29, 0.717) is 41.2 Å². The maximum absolute atomic E-state index is 10.4. The molecule has 0 saturated carbocycles. The molecule has 6 nitrogen and oxygen atoms in total. The SMILES string of the molecule is CCNC(=NCC(O)c1ccccc1Cl)Nc1ccc(OC)c(OCC)c1.I. The van der Waals surface area contributed by atoms with Crippen molar-refractivity contribution in [1.29, 1.82) is 0 Å². The molecular weight excluding hydrogens is 493 g/mol. The monoisotopic (exact) mass is 519 g/mol. The van der Waals surface area contributed by atoms with Crippen LogP contribution in [0, 0.1) is 0 Å². The highest BCUT2D eigenvalue weighted by Crippen LogP contribution is 2.30. The maximum Gasteiger partial charge on any atom is 0.195 e. The molecule has 0 aliphatic carbocycles. The number of anilines is 1. The van der Waals surface area contributed by atoms with E-state index >= 15 is 0 Å². The summed E-state index contributed by atoms with van der Waals surface area (Å²) in [6.07, 6.45) is -0.788. The van der Waals surface area contributed by atoms with E-state index in [1.807, 2.05) is 44.2 Å². The van der Waals surface area contributed by atoms with E-state index in [9.17, 15) is 5.11 Å². The van der Waals surface area contributed by atoms with Crippen molar-refractivity contribution in [3.63, 3.8) is 0 Å². The molecule has 154 valence electrons. The first-order chi connectivity index (χ1) is 13.1. The fourth-order valence-corrected chi connectivity index (χ4v) is 2.75. The van der Waals surface area contributed by atoms with E-state index in [1.165, 1.54) is 0 Å². The third-order valence-electron chi connectivity index (χ3n) is 3.76. The van der Waals surface area contributed by atoms with Crippen LogP contribution >= 0.6 is 35.6 Å². The Morgan fingerprint density at radius 2 is 1.93 bits per heavy atom. The number of nitrogens with one attached hydrogen (secondary N) is 2. The molecule has 0 fully saturated rings. The molecule has 8 heteroatoms. The zero-order valence-corrected chi connectivity index (χ0v) is 19.3. The second-order valence-electron chi connectivity index (χ2n) is 5.68. The summed E-state index contributed by atoms with van der Waals surface area (Å²) in [6.45, 7) is 5.29. The fourth-order valence-electron chi connectivity index (χ4n) is 2.49. The Balaban J connectivity index is 0.00000392. The van der Waals surface area contributed by atoms with Crippen LogP contribution < -0.4 is 20.1 Å². The predicted molar refractivity (Wildman–Crippen MR) is 126 cm³/mol. The molecule has 28 heavy (non-hydrogen) atoms. The van der Waals surface area contributed by atoms with Crippen molar-refractivity contribution in [2.24, 2.45) is 4.99 Å². The third kappa shape index (κ3) is 7.03. The molecule has 1 unspecified atom stereocenters. The Kier molecular flexibility index (Phi) is 11.0. The molecule has 0 radical (unpaired) electrons. The molecule has 1 atom stereocenters. The van der Waals surface area contributed by atoms with Crippen LogP contribution in [0.5, 0.6) is 11.5 Å². The first kappa shape index (κ1) is 24.3. The summed E-state index contributed by atoms with van der Waals surface area (Å²) >= 11 is 6.14. The lowest BCUT2D eigenvalue weighted by molar-refractivity contribution is 0.187. The van der Waals surface area contributed by atoms with Gasteiger partial charge in [0.15, 0.2) is 17.5 Å². The molecule has 2 aromatic rings. The summed E-state index contributed by atoms with van der Waals surface area (Å²) in [5, 5.41) is 17.3. The van der Waals surface area contributed by atoms with Crippen LogP contribution in [0.1, 0.15) is 25.5 Å². The van der Waals surface area contributed by atoms with Gasteiger partial charge < -0.3 is 25.2 Å². The van der Waals surface area contributed by atoms with Gasteiger partial charge in [0, 0.05) is 28.9 Å². The summed E-state index contributed by atoms with van der Waals surface area (Å²) in [5.74, 6) is 1.87. The molecule has 2 rings (SSSR count). The average Bonchev–Trinajstić information content (AvgIpc) is 2.67. The molecule has 0 spiro atoms. The van der Waals surface area contributed by atoms with Crippen LogP contribution in [0.25, 0.3) is 0 Å². The minimum Gasteiger partial charge on any atom is -0.493 e. The largest absolute Gasteiger partial charge is 0.493 e. The number of halogens is 2. The molecule has 3 N–H and O–H groups in total. The highest BCUT2D eigenvalue weighted by atomic mass is 127. The molecule has 0 amide bonds. The zero-order chi connectivity index (χ0) is 19.6. The first-order valence-corrected chi connectivity index (χ1v) is 9.25. The highest BCUT2D eigenvalue weighted by Gasteiger charge is 2.11. The quantitative estimate of drug-likeness (QED) is 0.272. The van der Waals surface area contributed by atoms with E-state index in [-0.39, 0.29) is 30.5 Å². The summed E-state index contributed by atoms with van der Waals surface area (Å²) in [6, 6.07) is 12.8. The first-order valence-electron chi connectivity index (χ1n) is 8.87. The Morgan fingerprint density at radius 3 is 2.57 bits per heavy atom. The van der Waals surface area contributed by atoms with Crippen molar-refractivity contribution in [3.8, 4) is 11.5 Å². The number of guanidine groups is 1. The number of aliphatic hydroxyl groups is 1. The van der Waals surface area contributed by atoms with E-state index in [4.69, 9.17) is 21.1 Å². The summed E-state index contributed by atoms with van der Waals surface area (Å²) in [4.78, 5) is 4.46. The minimum absolute atomic E-state index is 0. The summed E-state index contributed by atoms with van der Waals surface area (Å²) in [7, 11) is 1.60. The van der Waals surface area contributed by atoms with Gasteiger partial charge in [-0.1, -0.05) is 29.8 Å². The smallest absolute Gasteiger partial charge is 0.195 e.